The first-order valence-electron chi connectivity index (χ1n) is 11.4. The molecule has 1 aromatic heterocycles. The maximum absolute atomic E-state index is 13.4. The molecular weight excluding hydrogens is 520 g/mol. The largest absolute Gasteiger partial charge is 0.416 e. The summed E-state index contributed by atoms with van der Waals surface area (Å²) in [5.74, 6) is -0.878. The van der Waals surface area contributed by atoms with Gasteiger partial charge in [-0.15, -0.1) is 0 Å². The van der Waals surface area contributed by atoms with Crippen LogP contribution in [0.5, 0.6) is 0 Å². The minimum Gasteiger partial charge on any atom is -0.333 e. The van der Waals surface area contributed by atoms with E-state index in [0.29, 0.717) is 43.2 Å². The van der Waals surface area contributed by atoms with Gasteiger partial charge in [-0.05, 0) is 53.9 Å². The van der Waals surface area contributed by atoms with Gasteiger partial charge in [-0.1, -0.05) is 29.8 Å². The molecule has 0 radical (unpaired) electrons. The lowest BCUT2D eigenvalue weighted by atomic mass is 9.99. The maximum atomic E-state index is 13.4. The smallest absolute Gasteiger partial charge is 0.333 e. The molecule has 1 aliphatic rings. The average molecular weight is 542 g/mol. The lowest BCUT2D eigenvalue weighted by Crippen LogP contribution is -2.55. The molecule has 196 valence electrons. The minimum absolute atomic E-state index is 0.0216. The second-order valence-electron chi connectivity index (χ2n) is 8.87. The van der Waals surface area contributed by atoms with Crippen LogP contribution >= 0.6 is 11.6 Å². The summed E-state index contributed by atoms with van der Waals surface area (Å²) in [7, 11) is 0. The number of hydrogen-bond acceptors (Lipinski definition) is 3. The Kier molecular flexibility index (Phi) is 7.80. The molecule has 0 N–H and O–H groups in total. The van der Waals surface area contributed by atoms with Gasteiger partial charge in [0.1, 0.15) is 0 Å². The number of nitrogens with zero attached hydrogens (tertiary/aromatic N) is 3. The number of carbonyl (C=O) groups is 1. The van der Waals surface area contributed by atoms with E-state index in [9.17, 15) is 31.1 Å². The molecule has 0 unspecified atom stereocenters. The van der Waals surface area contributed by atoms with Crippen LogP contribution in [0.1, 0.15) is 32.6 Å². The second-order valence-corrected chi connectivity index (χ2v) is 9.31. The summed E-state index contributed by atoms with van der Waals surface area (Å²) in [5, 5.41) is 0.516. The van der Waals surface area contributed by atoms with Crippen molar-refractivity contribution >= 4 is 17.5 Å². The molecular formula is C26H22ClF6N3O. The molecule has 1 amide bonds. The Hall–Kier alpha value is -3.11. The van der Waals surface area contributed by atoms with Crippen molar-refractivity contribution in [2.45, 2.75) is 31.4 Å². The molecule has 1 saturated heterocycles. The number of halogens is 7. The van der Waals surface area contributed by atoms with E-state index in [1.807, 2.05) is 6.07 Å². The number of piperazine rings is 1. The zero-order valence-corrected chi connectivity index (χ0v) is 20.1. The topological polar surface area (TPSA) is 36.4 Å². The molecule has 37 heavy (non-hydrogen) atoms. The molecule has 0 bridgehead atoms. The Bertz CT molecular complexity index is 1200. The van der Waals surface area contributed by atoms with E-state index in [1.165, 1.54) is 4.90 Å². The first kappa shape index (κ1) is 26.9. The van der Waals surface area contributed by atoms with Crippen LogP contribution in [0.2, 0.25) is 5.02 Å². The van der Waals surface area contributed by atoms with Crippen LogP contribution in [-0.2, 0) is 25.3 Å². The Balaban J connectivity index is 1.65. The second kappa shape index (κ2) is 10.7. The third-order valence-corrected chi connectivity index (χ3v) is 6.43. The Morgan fingerprint density at radius 2 is 1.57 bits per heavy atom. The molecule has 11 heteroatoms. The number of rotatable bonds is 5. The fraction of sp³-hybridized carbons (Fsp3) is 0.308. The van der Waals surface area contributed by atoms with E-state index in [-0.39, 0.29) is 12.6 Å². The molecule has 1 fully saturated rings. The standard InChI is InChI=1S/C26H22ClF6N3O/c27-22-5-3-17(4-6-22)10-23-16-35(15-18-2-1-7-34-14-18)8-9-36(23)24(37)19-11-20(25(28,29)30)13-21(12-19)26(31,32)33/h1-7,11-14,23H,8-10,15-16H2/t23-/m1/s1. The van der Waals surface area contributed by atoms with Crippen LogP contribution in [0.15, 0.2) is 67.0 Å². The lowest BCUT2D eigenvalue weighted by molar-refractivity contribution is -0.143. The number of amides is 1. The number of carbonyl (C=O) groups excluding carboxylic acids is 1. The van der Waals surface area contributed by atoms with Crippen molar-refractivity contribution in [2.24, 2.45) is 0 Å². The van der Waals surface area contributed by atoms with Crippen LogP contribution in [0.25, 0.3) is 0 Å². The molecule has 0 aliphatic carbocycles. The van der Waals surface area contributed by atoms with Crippen LogP contribution in [-0.4, -0.2) is 46.4 Å². The quantitative estimate of drug-likeness (QED) is 0.354. The molecule has 3 aromatic rings. The molecule has 4 rings (SSSR count). The summed E-state index contributed by atoms with van der Waals surface area (Å²) in [6.45, 7) is 1.43. The summed E-state index contributed by atoms with van der Waals surface area (Å²) in [6, 6.07) is 11.1. The SMILES string of the molecule is O=C(c1cc(C(F)(F)F)cc(C(F)(F)F)c1)N1CCN(Cc2cccnc2)C[C@H]1Cc1ccc(Cl)cc1. The van der Waals surface area contributed by atoms with Gasteiger partial charge >= 0.3 is 12.4 Å². The first-order chi connectivity index (χ1) is 17.4. The summed E-state index contributed by atoms with van der Waals surface area (Å²) in [4.78, 5) is 21.0. The van der Waals surface area contributed by atoms with Gasteiger partial charge in [-0.25, -0.2) is 0 Å². The predicted octanol–water partition coefficient (Wildman–Crippen LogP) is 6.34. The summed E-state index contributed by atoms with van der Waals surface area (Å²) in [6.07, 6.45) is -6.37. The van der Waals surface area contributed by atoms with Crippen molar-refractivity contribution in [3.05, 3.63) is 99.8 Å². The number of pyridine rings is 1. The zero-order chi connectivity index (χ0) is 26.8. The van der Waals surface area contributed by atoms with Gasteiger partial charge in [-0.2, -0.15) is 26.3 Å². The minimum atomic E-state index is -5.04. The monoisotopic (exact) mass is 541 g/mol. The fourth-order valence-corrected chi connectivity index (χ4v) is 4.52. The van der Waals surface area contributed by atoms with E-state index in [0.717, 1.165) is 11.1 Å². The molecule has 1 aliphatic heterocycles. The number of aromatic nitrogens is 1. The van der Waals surface area contributed by atoms with Gasteiger partial charge in [-0.3, -0.25) is 14.7 Å². The van der Waals surface area contributed by atoms with Crippen LogP contribution in [0.4, 0.5) is 26.3 Å². The molecule has 4 nitrogen and oxygen atoms in total. The van der Waals surface area contributed by atoms with E-state index < -0.39 is 41.0 Å². The molecule has 0 spiro atoms. The number of hydrogen-bond donors (Lipinski definition) is 0. The van der Waals surface area contributed by atoms with Crippen molar-refractivity contribution in [2.75, 3.05) is 19.6 Å². The highest BCUT2D eigenvalue weighted by atomic mass is 35.5. The van der Waals surface area contributed by atoms with Crippen LogP contribution in [0.3, 0.4) is 0 Å². The van der Waals surface area contributed by atoms with Gasteiger partial charge in [0.2, 0.25) is 0 Å². The van der Waals surface area contributed by atoms with Crippen molar-refractivity contribution < 1.29 is 31.1 Å². The van der Waals surface area contributed by atoms with E-state index in [4.69, 9.17) is 11.6 Å². The van der Waals surface area contributed by atoms with E-state index in [2.05, 4.69) is 9.88 Å². The Labute approximate surface area is 214 Å². The zero-order valence-electron chi connectivity index (χ0n) is 19.4. The van der Waals surface area contributed by atoms with Crippen molar-refractivity contribution in [3.8, 4) is 0 Å². The third-order valence-electron chi connectivity index (χ3n) is 6.18. The van der Waals surface area contributed by atoms with Crippen LogP contribution < -0.4 is 0 Å². The highest BCUT2D eigenvalue weighted by molar-refractivity contribution is 6.30. The van der Waals surface area contributed by atoms with Crippen LogP contribution in [0, 0.1) is 0 Å². The van der Waals surface area contributed by atoms with Crippen molar-refractivity contribution in [1.29, 1.82) is 0 Å². The van der Waals surface area contributed by atoms with E-state index in [1.54, 1.807) is 42.7 Å². The Morgan fingerprint density at radius 3 is 2.14 bits per heavy atom. The van der Waals surface area contributed by atoms with Gasteiger partial charge in [0.25, 0.3) is 5.91 Å². The van der Waals surface area contributed by atoms with Crippen molar-refractivity contribution in [3.63, 3.8) is 0 Å². The van der Waals surface area contributed by atoms with Crippen molar-refractivity contribution in [1.82, 2.24) is 14.8 Å². The summed E-state index contributed by atoms with van der Waals surface area (Å²) in [5.41, 5.74) is -1.91. The highest BCUT2D eigenvalue weighted by Gasteiger charge is 2.39. The van der Waals surface area contributed by atoms with Gasteiger partial charge < -0.3 is 4.90 Å². The lowest BCUT2D eigenvalue weighted by Gasteiger charge is -2.42. The van der Waals surface area contributed by atoms with Gasteiger partial charge in [0.05, 0.1) is 11.1 Å². The normalized spacial score (nSPS) is 17.2. The fourth-order valence-electron chi connectivity index (χ4n) is 4.39. The first-order valence-corrected chi connectivity index (χ1v) is 11.7. The summed E-state index contributed by atoms with van der Waals surface area (Å²) < 4.78 is 80.3. The van der Waals surface area contributed by atoms with Gasteiger partial charge in [0, 0.05) is 55.2 Å². The molecule has 1 atom stereocenters. The third kappa shape index (κ3) is 6.81. The Morgan fingerprint density at radius 1 is 0.919 bits per heavy atom. The molecule has 2 heterocycles. The maximum Gasteiger partial charge on any atom is 0.416 e. The molecule has 2 aromatic carbocycles. The molecule has 0 saturated carbocycles. The highest BCUT2D eigenvalue weighted by Crippen LogP contribution is 2.37. The average Bonchev–Trinajstić information content (AvgIpc) is 2.84. The van der Waals surface area contributed by atoms with E-state index >= 15 is 0 Å². The van der Waals surface area contributed by atoms with Gasteiger partial charge in [0.15, 0.2) is 0 Å². The predicted molar refractivity (Wildman–Crippen MR) is 126 cm³/mol. The number of benzene rings is 2. The number of alkyl halides is 6. The summed E-state index contributed by atoms with van der Waals surface area (Å²) >= 11 is 5.97.